The number of aromatic nitrogens is 2. The molecule has 2 aromatic heterocycles. The fraction of sp³-hybridized carbons (Fsp3) is 0.588. The summed E-state index contributed by atoms with van der Waals surface area (Å²) in [5.74, 6) is 0.484. The standard InChI is InChI=1S/C17H21N3O3S/c1-12-19-14(8-24-12)6-22-10-17-4-2-3-13(17)5-20(9-17)16(21)15-7-23-11-18-15/h7-8,11,13H,2-6,9-10H2,1H3/t13-,17+/m0/s1. The molecule has 2 aliphatic rings. The van der Waals surface area contributed by atoms with Crippen LogP contribution in [0, 0.1) is 18.3 Å². The van der Waals surface area contributed by atoms with Crippen molar-refractivity contribution < 1.29 is 13.9 Å². The third-order valence-corrected chi connectivity index (χ3v) is 6.11. The van der Waals surface area contributed by atoms with Crippen molar-refractivity contribution in [2.45, 2.75) is 32.8 Å². The summed E-state index contributed by atoms with van der Waals surface area (Å²) < 4.78 is 11.0. The number of carbonyl (C=O) groups is 1. The number of oxazole rings is 1. The fourth-order valence-electron chi connectivity index (χ4n) is 4.12. The summed E-state index contributed by atoms with van der Waals surface area (Å²) in [5.41, 5.74) is 1.48. The molecule has 0 spiro atoms. The third kappa shape index (κ3) is 2.86. The largest absolute Gasteiger partial charge is 0.451 e. The predicted octanol–water partition coefficient (Wildman–Crippen LogP) is 2.90. The number of hydrogen-bond donors (Lipinski definition) is 0. The first-order valence-corrected chi connectivity index (χ1v) is 9.20. The molecule has 6 nitrogen and oxygen atoms in total. The van der Waals surface area contributed by atoms with Crippen molar-refractivity contribution in [3.63, 3.8) is 0 Å². The van der Waals surface area contributed by atoms with Gasteiger partial charge in [-0.3, -0.25) is 4.79 Å². The van der Waals surface area contributed by atoms with Crippen LogP contribution in [0.1, 0.15) is 40.5 Å². The molecule has 0 N–H and O–H groups in total. The Morgan fingerprint density at radius 1 is 1.58 bits per heavy atom. The Morgan fingerprint density at radius 3 is 3.25 bits per heavy atom. The van der Waals surface area contributed by atoms with Crippen LogP contribution >= 0.6 is 11.3 Å². The summed E-state index contributed by atoms with van der Waals surface area (Å²) >= 11 is 1.65. The molecule has 24 heavy (non-hydrogen) atoms. The van der Waals surface area contributed by atoms with Crippen LogP contribution in [0.15, 0.2) is 22.5 Å². The van der Waals surface area contributed by atoms with Crippen LogP contribution in [0.4, 0.5) is 0 Å². The zero-order valence-electron chi connectivity index (χ0n) is 13.7. The molecule has 0 radical (unpaired) electrons. The summed E-state index contributed by atoms with van der Waals surface area (Å²) in [6, 6.07) is 0. The molecule has 4 rings (SSSR count). The normalized spacial score (nSPS) is 26.0. The molecular formula is C17H21N3O3S. The maximum atomic E-state index is 12.5. The van der Waals surface area contributed by atoms with Gasteiger partial charge in [0.05, 0.1) is 23.9 Å². The lowest BCUT2D eigenvalue weighted by Crippen LogP contribution is -2.34. The van der Waals surface area contributed by atoms with Gasteiger partial charge in [-0.1, -0.05) is 6.42 Å². The number of amides is 1. The predicted molar refractivity (Wildman–Crippen MR) is 88.7 cm³/mol. The van der Waals surface area contributed by atoms with Gasteiger partial charge < -0.3 is 14.1 Å². The molecule has 2 aromatic rings. The van der Waals surface area contributed by atoms with Gasteiger partial charge in [-0.05, 0) is 25.7 Å². The lowest BCUT2D eigenvalue weighted by atomic mass is 9.81. The van der Waals surface area contributed by atoms with Crippen LogP contribution in [0.25, 0.3) is 0 Å². The van der Waals surface area contributed by atoms with Crippen molar-refractivity contribution in [3.05, 3.63) is 34.4 Å². The summed E-state index contributed by atoms with van der Waals surface area (Å²) in [6.07, 6.45) is 6.23. The summed E-state index contributed by atoms with van der Waals surface area (Å²) in [4.78, 5) is 22.9. The van der Waals surface area contributed by atoms with E-state index >= 15 is 0 Å². The van der Waals surface area contributed by atoms with E-state index in [4.69, 9.17) is 9.15 Å². The number of carbonyl (C=O) groups excluding carboxylic acids is 1. The van der Waals surface area contributed by atoms with Gasteiger partial charge in [0, 0.05) is 23.9 Å². The topological polar surface area (TPSA) is 68.5 Å². The van der Waals surface area contributed by atoms with Gasteiger partial charge in [0.15, 0.2) is 12.1 Å². The van der Waals surface area contributed by atoms with Crippen LogP contribution < -0.4 is 0 Å². The van der Waals surface area contributed by atoms with Gasteiger partial charge in [-0.2, -0.15) is 0 Å². The molecule has 2 atom stereocenters. The van der Waals surface area contributed by atoms with Crippen molar-refractivity contribution in [2.75, 3.05) is 19.7 Å². The van der Waals surface area contributed by atoms with E-state index in [2.05, 4.69) is 9.97 Å². The average molecular weight is 347 g/mol. The van der Waals surface area contributed by atoms with E-state index in [-0.39, 0.29) is 11.3 Å². The second-order valence-electron chi connectivity index (χ2n) is 6.86. The van der Waals surface area contributed by atoms with E-state index in [1.165, 1.54) is 25.5 Å². The molecule has 1 saturated heterocycles. The molecular weight excluding hydrogens is 326 g/mol. The van der Waals surface area contributed by atoms with E-state index in [1.54, 1.807) is 11.3 Å². The van der Waals surface area contributed by atoms with Crippen LogP contribution in [0.3, 0.4) is 0 Å². The molecule has 1 aliphatic heterocycles. The number of fused-ring (bicyclic) bond motifs is 1. The number of thiazole rings is 1. The molecule has 1 amide bonds. The number of nitrogens with zero attached hydrogens (tertiary/aromatic N) is 3. The highest BCUT2D eigenvalue weighted by molar-refractivity contribution is 7.09. The number of rotatable bonds is 5. The van der Waals surface area contributed by atoms with Gasteiger partial charge in [0.1, 0.15) is 6.26 Å². The van der Waals surface area contributed by atoms with Gasteiger partial charge in [-0.15, -0.1) is 11.3 Å². The van der Waals surface area contributed by atoms with Crippen molar-refractivity contribution in [1.82, 2.24) is 14.9 Å². The van der Waals surface area contributed by atoms with Crippen molar-refractivity contribution in [2.24, 2.45) is 11.3 Å². The quantitative estimate of drug-likeness (QED) is 0.832. The Bertz CT molecular complexity index is 714. The second kappa shape index (κ2) is 6.29. The smallest absolute Gasteiger partial charge is 0.275 e. The van der Waals surface area contributed by atoms with Crippen molar-refractivity contribution in [3.8, 4) is 0 Å². The zero-order valence-corrected chi connectivity index (χ0v) is 14.6. The average Bonchev–Trinajstić information content (AvgIpc) is 3.29. The third-order valence-electron chi connectivity index (χ3n) is 5.28. The molecule has 1 saturated carbocycles. The Balaban J connectivity index is 1.40. The zero-order chi connectivity index (χ0) is 16.6. The minimum Gasteiger partial charge on any atom is -0.451 e. The Morgan fingerprint density at radius 2 is 2.50 bits per heavy atom. The highest BCUT2D eigenvalue weighted by Crippen LogP contribution is 2.49. The molecule has 0 aromatic carbocycles. The molecule has 2 fully saturated rings. The van der Waals surface area contributed by atoms with Gasteiger partial charge in [-0.25, -0.2) is 9.97 Å². The molecule has 128 valence electrons. The number of likely N-dealkylation sites (tertiary alicyclic amines) is 1. The van der Waals surface area contributed by atoms with E-state index < -0.39 is 0 Å². The molecule has 7 heteroatoms. The van der Waals surface area contributed by atoms with Crippen molar-refractivity contribution in [1.29, 1.82) is 0 Å². The summed E-state index contributed by atoms with van der Waals surface area (Å²) in [7, 11) is 0. The first-order chi connectivity index (χ1) is 11.7. The van der Waals surface area contributed by atoms with Gasteiger partial charge in [0.25, 0.3) is 5.91 Å². The fourth-order valence-corrected chi connectivity index (χ4v) is 4.72. The monoisotopic (exact) mass is 347 g/mol. The maximum Gasteiger partial charge on any atom is 0.275 e. The lowest BCUT2D eigenvalue weighted by Gasteiger charge is -2.28. The maximum absolute atomic E-state index is 12.5. The van der Waals surface area contributed by atoms with Crippen LogP contribution in [0.2, 0.25) is 0 Å². The van der Waals surface area contributed by atoms with E-state index in [1.807, 2.05) is 17.2 Å². The van der Waals surface area contributed by atoms with E-state index in [0.717, 1.165) is 30.2 Å². The molecule has 1 aliphatic carbocycles. The molecule has 0 unspecified atom stereocenters. The minimum atomic E-state index is -0.0346. The van der Waals surface area contributed by atoms with Crippen LogP contribution in [-0.4, -0.2) is 40.5 Å². The number of aryl methyl sites for hydroxylation is 1. The first kappa shape index (κ1) is 15.8. The highest BCUT2D eigenvalue weighted by Gasteiger charge is 2.51. The number of ether oxygens (including phenoxy) is 1. The lowest BCUT2D eigenvalue weighted by molar-refractivity contribution is 0.0253. The SMILES string of the molecule is Cc1nc(COC[C@]23CCC[C@H]2CN(C(=O)c2cocn2)C3)cs1. The van der Waals surface area contributed by atoms with Crippen LogP contribution in [-0.2, 0) is 11.3 Å². The minimum absolute atomic E-state index is 0.0346. The van der Waals surface area contributed by atoms with Crippen LogP contribution in [0.5, 0.6) is 0 Å². The van der Waals surface area contributed by atoms with E-state index in [0.29, 0.717) is 24.8 Å². The Hall–Kier alpha value is -1.73. The van der Waals surface area contributed by atoms with Crippen molar-refractivity contribution >= 4 is 17.2 Å². The Labute approximate surface area is 144 Å². The second-order valence-corrected chi connectivity index (χ2v) is 7.92. The first-order valence-electron chi connectivity index (χ1n) is 8.32. The summed E-state index contributed by atoms with van der Waals surface area (Å²) in [5, 5.41) is 3.12. The Kier molecular flexibility index (Phi) is 4.14. The van der Waals surface area contributed by atoms with E-state index in [9.17, 15) is 4.79 Å². The van der Waals surface area contributed by atoms with Gasteiger partial charge >= 0.3 is 0 Å². The summed E-state index contributed by atoms with van der Waals surface area (Å²) in [6.45, 7) is 4.79. The highest BCUT2D eigenvalue weighted by atomic mass is 32.1. The molecule has 3 heterocycles. The number of hydrogen-bond acceptors (Lipinski definition) is 6. The van der Waals surface area contributed by atoms with Gasteiger partial charge in [0.2, 0.25) is 0 Å². The molecule has 0 bridgehead atoms.